The van der Waals surface area contributed by atoms with Crippen LogP contribution in [0.25, 0.3) is 10.2 Å². The van der Waals surface area contributed by atoms with Crippen molar-refractivity contribution in [3.8, 4) is 0 Å². The van der Waals surface area contributed by atoms with Crippen LogP contribution in [0.2, 0.25) is 0 Å². The van der Waals surface area contributed by atoms with Gasteiger partial charge in [-0.1, -0.05) is 0 Å². The molecule has 0 unspecified atom stereocenters. The fourth-order valence-corrected chi connectivity index (χ4v) is 3.09. The van der Waals surface area contributed by atoms with Gasteiger partial charge in [-0.05, 0) is 31.4 Å². The Kier molecular flexibility index (Phi) is 4.35. The molecule has 9 heteroatoms. The van der Waals surface area contributed by atoms with Crippen LogP contribution in [0.4, 0.5) is 19.0 Å². The zero-order chi connectivity index (χ0) is 17.3. The van der Waals surface area contributed by atoms with E-state index < -0.39 is 11.9 Å². The van der Waals surface area contributed by atoms with E-state index in [0.717, 1.165) is 16.3 Å². The highest BCUT2D eigenvalue weighted by Crippen LogP contribution is 2.28. The van der Waals surface area contributed by atoms with Crippen molar-refractivity contribution in [3.63, 3.8) is 0 Å². The number of nitrogens with zero attached hydrogens (tertiary/aromatic N) is 4. The number of rotatable bonds is 4. The molecule has 24 heavy (non-hydrogen) atoms. The van der Waals surface area contributed by atoms with Crippen molar-refractivity contribution in [3.05, 3.63) is 40.5 Å². The Bertz CT molecular complexity index is 875. The number of thiophene rings is 1. The summed E-state index contributed by atoms with van der Waals surface area (Å²) in [6, 6.07) is 2.85. The zero-order valence-electron chi connectivity index (χ0n) is 13.0. The molecule has 3 rings (SSSR count). The topological polar surface area (TPSA) is 63.6 Å². The van der Waals surface area contributed by atoms with Crippen LogP contribution in [0.5, 0.6) is 0 Å². The van der Waals surface area contributed by atoms with Gasteiger partial charge < -0.3 is 5.32 Å². The highest BCUT2D eigenvalue weighted by atomic mass is 32.1. The number of nitrogens with one attached hydrogen (secondary N) is 1. The van der Waals surface area contributed by atoms with Crippen molar-refractivity contribution >= 4 is 27.4 Å². The number of aryl methyl sites for hydroxylation is 2. The molecule has 0 amide bonds. The normalized spacial score (nSPS) is 11.9. The summed E-state index contributed by atoms with van der Waals surface area (Å²) in [5.74, 6) is 1.46. The van der Waals surface area contributed by atoms with Gasteiger partial charge in [-0.3, -0.25) is 0 Å². The maximum atomic E-state index is 12.8. The lowest BCUT2D eigenvalue weighted by Gasteiger charge is -2.10. The van der Waals surface area contributed by atoms with Gasteiger partial charge >= 0.3 is 6.18 Å². The van der Waals surface area contributed by atoms with Crippen molar-refractivity contribution in [2.45, 2.75) is 26.4 Å². The van der Waals surface area contributed by atoms with Crippen molar-refractivity contribution in [1.29, 1.82) is 0 Å². The summed E-state index contributed by atoms with van der Waals surface area (Å²) < 4.78 is 38.4. The first-order chi connectivity index (χ1) is 11.3. The summed E-state index contributed by atoms with van der Waals surface area (Å²) in [6.45, 7) is 3.70. The molecule has 0 aliphatic heterocycles. The fourth-order valence-electron chi connectivity index (χ4n) is 2.28. The maximum Gasteiger partial charge on any atom is 0.433 e. The van der Waals surface area contributed by atoms with E-state index in [1.54, 1.807) is 6.92 Å². The lowest BCUT2D eigenvalue weighted by atomic mass is 10.3. The molecule has 126 valence electrons. The quantitative estimate of drug-likeness (QED) is 0.773. The van der Waals surface area contributed by atoms with Gasteiger partial charge in [-0.15, -0.1) is 11.3 Å². The maximum absolute atomic E-state index is 12.8. The van der Waals surface area contributed by atoms with E-state index >= 15 is 0 Å². The molecular weight excluding hydrogens is 339 g/mol. The Morgan fingerprint density at radius 1 is 1.12 bits per heavy atom. The summed E-state index contributed by atoms with van der Waals surface area (Å²) in [4.78, 5) is 17.2. The molecule has 0 radical (unpaired) electrons. The molecule has 3 aromatic rings. The molecule has 0 saturated heterocycles. The van der Waals surface area contributed by atoms with E-state index in [4.69, 9.17) is 0 Å². The first-order valence-electron chi connectivity index (χ1n) is 7.20. The molecule has 0 aromatic carbocycles. The summed E-state index contributed by atoms with van der Waals surface area (Å²) in [7, 11) is 0. The molecule has 0 aliphatic carbocycles. The van der Waals surface area contributed by atoms with Gasteiger partial charge in [0.2, 0.25) is 0 Å². The Labute approximate surface area is 140 Å². The number of fused-ring (bicyclic) bond motifs is 1. The number of halogens is 3. The van der Waals surface area contributed by atoms with Gasteiger partial charge in [0.05, 0.1) is 5.39 Å². The van der Waals surface area contributed by atoms with Crippen LogP contribution in [-0.4, -0.2) is 26.5 Å². The molecule has 0 bridgehead atoms. The molecular formula is C15H14F3N5S. The smallest absolute Gasteiger partial charge is 0.369 e. The Balaban J connectivity index is 1.74. The van der Waals surface area contributed by atoms with Crippen LogP contribution >= 0.6 is 11.3 Å². The molecule has 0 aliphatic rings. The van der Waals surface area contributed by atoms with E-state index in [2.05, 4.69) is 25.3 Å². The Morgan fingerprint density at radius 2 is 1.92 bits per heavy atom. The second-order valence-electron chi connectivity index (χ2n) is 5.24. The molecule has 3 aromatic heterocycles. The van der Waals surface area contributed by atoms with Gasteiger partial charge in [-0.2, -0.15) is 13.2 Å². The summed E-state index contributed by atoms with van der Waals surface area (Å²) in [5.41, 5.74) is -0.617. The SMILES string of the molecule is Cc1cc(C(F)(F)F)nc(CCNc2nc(C)nc3sccc23)n1. The van der Waals surface area contributed by atoms with Crippen LogP contribution < -0.4 is 5.32 Å². The van der Waals surface area contributed by atoms with E-state index in [-0.39, 0.29) is 12.2 Å². The zero-order valence-corrected chi connectivity index (χ0v) is 13.8. The molecule has 0 spiro atoms. The predicted molar refractivity (Wildman–Crippen MR) is 86.1 cm³/mol. The number of hydrogen-bond acceptors (Lipinski definition) is 6. The van der Waals surface area contributed by atoms with Crippen LogP contribution in [0.3, 0.4) is 0 Å². The summed E-state index contributed by atoms with van der Waals surface area (Å²) in [5, 5.41) is 5.95. The van der Waals surface area contributed by atoms with E-state index in [0.29, 0.717) is 23.9 Å². The van der Waals surface area contributed by atoms with Gasteiger partial charge in [0.25, 0.3) is 0 Å². The van der Waals surface area contributed by atoms with Crippen LogP contribution in [-0.2, 0) is 12.6 Å². The van der Waals surface area contributed by atoms with Gasteiger partial charge in [-0.25, -0.2) is 19.9 Å². The lowest BCUT2D eigenvalue weighted by molar-refractivity contribution is -0.141. The van der Waals surface area contributed by atoms with Crippen LogP contribution in [0.1, 0.15) is 23.0 Å². The first kappa shape index (κ1) is 16.6. The standard InChI is InChI=1S/C15H14F3N5S/c1-8-7-11(15(16,17)18)23-12(20-8)3-5-19-13-10-4-6-24-14(10)22-9(2)21-13/h4,6-7H,3,5H2,1-2H3,(H,19,21,22). The third-order valence-corrected chi connectivity index (χ3v) is 4.08. The number of alkyl halides is 3. The minimum atomic E-state index is -4.47. The summed E-state index contributed by atoms with van der Waals surface area (Å²) in [6.07, 6.45) is -4.21. The van der Waals surface area contributed by atoms with Crippen molar-refractivity contribution in [2.75, 3.05) is 11.9 Å². The average Bonchev–Trinajstić information content (AvgIpc) is 2.94. The second-order valence-corrected chi connectivity index (χ2v) is 6.14. The molecule has 5 nitrogen and oxygen atoms in total. The first-order valence-corrected chi connectivity index (χ1v) is 8.08. The summed E-state index contributed by atoms with van der Waals surface area (Å²) >= 11 is 1.51. The van der Waals surface area contributed by atoms with Gasteiger partial charge in [0.15, 0.2) is 0 Å². The molecule has 0 atom stereocenters. The number of hydrogen-bond donors (Lipinski definition) is 1. The van der Waals surface area contributed by atoms with Crippen molar-refractivity contribution in [1.82, 2.24) is 19.9 Å². The monoisotopic (exact) mass is 353 g/mol. The van der Waals surface area contributed by atoms with E-state index in [1.807, 2.05) is 11.4 Å². The number of aromatic nitrogens is 4. The number of anilines is 1. The molecule has 0 saturated carbocycles. The lowest BCUT2D eigenvalue weighted by Crippen LogP contribution is -2.14. The second kappa shape index (κ2) is 6.31. The molecule has 1 N–H and O–H groups in total. The van der Waals surface area contributed by atoms with Crippen LogP contribution in [0.15, 0.2) is 17.5 Å². The van der Waals surface area contributed by atoms with E-state index in [9.17, 15) is 13.2 Å². The molecule has 0 fully saturated rings. The highest BCUT2D eigenvalue weighted by Gasteiger charge is 2.33. The van der Waals surface area contributed by atoms with Crippen molar-refractivity contribution in [2.24, 2.45) is 0 Å². The van der Waals surface area contributed by atoms with Crippen molar-refractivity contribution < 1.29 is 13.2 Å². The van der Waals surface area contributed by atoms with Crippen LogP contribution in [0, 0.1) is 13.8 Å². The average molecular weight is 353 g/mol. The third-order valence-electron chi connectivity index (χ3n) is 3.27. The highest BCUT2D eigenvalue weighted by molar-refractivity contribution is 7.16. The van der Waals surface area contributed by atoms with Gasteiger partial charge in [0, 0.05) is 18.7 Å². The van der Waals surface area contributed by atoms with E-state index in [1.165, 1.54) is 18.3 Å². The Hall–Kier alpha value is -2.29. The van der Waals surface area contributed by atoms with Gasteiger partial charge in [0.1, 0.15) is 28.0 Å². The largest absolute Gasteiger partial charge is 0.433 e. The Morgan fingerprint density at radius 3 is 2.67 bits per heavy atom. The third kappa shape index (κ3) is 3.61. The molecule has 3 heterocycles. The minimum absolute atomic E-state index is 0.155. The minimum Gasteiger partial charge on any atom is -0.369 e. The predicted octanol–water partition coefficient (Wildman–Crippen LogP) is 3.77. The fraction of sp³-hybridized carbons (Fsp3) is 0.333.